The lowest BCUT2D eigenvalue weighted by Gasteiger charge is -2.25. The topological polar surface area (TPSA) is 180 Å². The second-order valence-electron chi connectivity index (χ2n) is 12.2. The monoisotopic (exact) mass is 701 g/mol. The number of aromatic nitrogens is 1. The number of thiophene rings is 1. The summed E-state index contributed by atoms with van der Waals surface area (Å²) in [5.74, 6) is -2.33. The SMILES string of the molecule is O=C1c2ccc(CNC[C@H](O)c3ccc(O)c4[nH]c(=O)ccc34)cc2C(=O)N1Cc1ccc(-c2cccc([C@](O)(C(=O)O)c3ccccc3)c2)s1. The normalized spacial score (nSPS) is 14.4. The fraction of sp³-hybridized carbons (Fsp3) is 0.128. The van der Waals surface area contributed by atoms with E-state index in [0.29, 0.717) is 28.6 Å². The number of carbonyl (C=O) groups excluding carboxylic acids is 2. The number of fused-ring (bicyclic) bond motifs is 2. The van der Waals surface area contributed by atoms with Gasteiger partial charge in [-0.3, -0.25) is 19.3 Å². The summed E-state index contributed by atoms with van der Waals surface area (Å²) < 4.78 is 0. The number of aromatic amines is 1. The minimum atomic E-state index is -2.25. The van der Waals surface area contributed by atoms with Crippen molar-refractivity contribution in [3.8, 4) is 16.2 Å². The molecule has 6 aromatic rings. The molecule has 2 amide bonds. The Morgan fingerprint density at radius 3 is 2.39 bits per heavy atom. The molecule has 0 radical (unpaired) electrons. The molecule has 0 spiro atoms. The van der Waals surface area contributed by atoms with Crippen LogP contribution in [0.3, 0.4) is 0 Å². The average molecular weight is 702 g/mol. The van der Waals surface area contributed by atoms with Crippen LogP contribution in [0, 0.1) is 0 Å². The summed E-state index contributed by atoms with van der Waals surface area (Å²) in [6.07, 6.45) is -0.961. The Morgan fingerprint density at radius 1 is 0.843 bits per heavy atom. The molecular formula is C39H31N3O8S. The summed E-state index contributed by atoms with van der Waals surface area (Å²) in [6.45, 7) is 0.485. The molecule has 2 atom stereocenters. The minimum Gasteiger partial charge on any atom is -0.506 e. The van der Waals surface area contributed by atoms with Crippen LogP contribution in [-0.2, 0) is 23.5 Å². The van der Waals surface area contributed by atoms with Gasteiger partial charge in [-0.1, -0.05) is 60.7 Å². The number of hydrogen-bond acceptors (Lipinski definition) is 9. The van der Waals surface area contributed by atoms with Gasteiger partial charge in [0.25, 0.3) is 11.8 Å². The Hall–Kier alpha value is -5.92. The predicted molar refractivity (Wildman–Crippen MR) is 190 cm³/mol. The number of nitrogens with zero attached hydrogens (tertiary/aromatic N) is 1. The lowest BCUT2D eigenvalue weighted by atomic mass is 9.85. The van der Waals surface area contributed by atoms with Crippen LogP contribution < -0.4 is 10.9 Å². The second kappa shape index (κ2) is 13.4. The van der Waals surface area contributed by atoms with Gasteiger partial charge < -0.3 is 30.7 Å². The van der Waals surface area contributed by atoms with Crippen LogP contribution in [0.2, 0.25) is 0 Å². The van der Waals surface area contributed by atoms with E-state index in [9.17, 15) is 39.6 Å². The van der Waals surface area contributed by atoms with Crippen molar-refractivity contribution >= 4 is 40.0 Å². The maximum Gasteiger partial charge on any atom is 0.345 e. The van der Waals surface area contributed by atoms with Crippen molar-refractivity contribution in [3.63, 3.8) is 0 Å². The standard InChI is InChI=1S/C39H31N3O8S/c43-31-14-12-27(28-13-16-34(45)41-35(28)31)32(44)20-40-19-22-9-11-29-30(17-22)37(47)42(36(29)46)21-26-10-15-33(51-26)23-5-4-8-25(18-23)39(50,38(48)49)24-6-2-1-3-7-24/h1-18,32,40,43-44,50H,19-21H2,(H,41,45)(H,48,49)/t32-,39-/m0/s1. The predicted octanol–water partition coefficient (Wildman–Crippen LogP) is 4.90. The number of aliphatic hydroxyl groups excluding tert-OH is 1. The van der Waals surface area contributed by atoms with E-state index in [-0.39, 0.29) is 46.6 Å². The Labute approximate surface area is 294 Å². The molecule has 0 bridgehead atoms. The van der Waals surface area contributed by atoms with Gasteiger partial charge >= 0.3 is 5.97 Å². The van der Waals surface area contributed by atoms with E-state index >= 15 is 0 Å². The van der Waals surface area contributed by atoms with Gasteiger partial charge in [0.1, 0.15) is 5.75 Å². The molecule has 0 fully saturated rings. The van der Waals surface area contributed by atoms with Crippen LogP contribution in [0.5, 0.6) is 5.75 Å². The molecule has 0 aliphatic carbocycles. The van der Waals surface area contributed by atoms with Crippen molar-refractivity contribution in [1.29, 1.82) is 0 Å². The Morgan fingerprint density at radius 2 is 1.61 bits per heavy atom. The van der Waals surface area contributed by atoms with Crippen molar-refractivity contribution in [2.45, 2.75) is 24.8 Å². The molecule has 1 aliphatic heterocycles. The van der Waals surface area contributed by atoms with Gasteiger partial charge in [-0.05, 0) is 64.7 Å². The van der Waals surface area contributed by atoms with E-state index in [1.165, 1.54) is 28.4 Å². The molecule has 3 heterocycles. The van der Waals surface area contributed by atoms with Gasteiger partial charge in [-0.25, -0.2) is 4.79 Å². The number of carboxylic acids is 1. The molecule has 4 aromatic carbocycles. The number of phenols is 1. The Kier molecular flexibility index (Phi) is 8.83. The number of carboxylic acid groups (broad SMARTS) is 1. The number of H-pyrrole nitrogens is 1. The molecule has 51 heavy (non-hydrogen) atoms. The fourth-order valence-electron chi connectivity index (χ4n) is 6.37. The molecule has 0 saturated carbocycles. The highest BCUT2D eigenvalue weighted by Crippen LogP contribution is 2.36. The first-order chi connectivity index (χ1) is 24.5. The highest BCUT2D eigenvalue weighted by Gasteiger charge is 2.40. The van der Waals surface area contributed by atoms with E-state index in [4.69, 9.17) is 0 Å². The fourth-order valence-corrected chi connectivity index (χ4v) is 7.36. The number of amides is 2. The number of imide groups is 1. The molecule has 1 aliphatic rings. The number of aliphatic carboxylic acids is 1. The summed E-state index contributed by atoms with van der Waals surface area (Å²) in [5, 5.41) is 46.0. The number of aliphatic hydroxyl groups is 2. The third-order valence-electron chi connectivity index (χ3n) is 9.01. The van der Waals surface area contributed by atoms with E-state index in [1.54, 1.807) is 84.9 Å². The van der Waals surface area contributed by atoms with Crippen molar-refractivity contribution in [2.75, 3.05) is 6.54 Å². The molecule has 6 N–H and O–H groups in total. The van der Waals surface area contributed by atoms with E-state index in [1.807, 2.05) is 12.1 Å². The third-order valence-corrected chi connectivity index (χ3v) is 10.1. The molecule has 12 heteroatoms. The van der Waals surface area contributed by atoms with Crippen LogP contribution in [-0.4, -0.2) is 54.6 Å². The number of pyridine rings is 1. The van der Waals surface area contributed by atoms with Gasteiger partial charge in [0, 0.05) is 39.9 Å². The number of nitrogens with one attached hydrogen (secondary N) is 2. The summed E-state index contributed by atoms with van der Waals surface area (Å²) in [7, 11) is 0. The van der Waals surface area contributed by atoms with Crippen LogP contribution in [0.25, 0.3) is 21.3 Å². The average Bonchev–Trinajstić information content (AvgIpc) is 3.70. The number of hydrogen-bond donors (Lipinski definition) is 6. The Balaban J connectivity index is 1.03. The summed E-state index contributed by atoms with van der Waals surface area (Å²) in [5.41, 5.74) is 0.558. The zero-order chi connectivity index (χ0) is 35.9. The number of rotatable bonds is 11. The van der Waals surface area contributed by atoms with Crippen LogP contribution in [0.1, 0.15) is 54.0 Å². The second-order valence-corrected chi connectivity index (χ2v) is 13.4. The molecule has 0 saturated heterocycles. The summed E-state index contributed by atoms with van der Waals surface area (Å²) in [6, 6.07) is 29.4. The zero-order valence-corrected chi connectivity index (χ0v) is 27.7. The summed E-state index contributed by atoms with van der Waals surface area (Å²) >= 11 is 1.36. The van der Waals surface area contributed by atoms with Gasteiger partial charge in [-0.2, -0.15) is 0 Å². The molecule has 2 aromatic heterocycles. The first kappa shape index (κ1) is 33.6. The van der Waals surface area contributed by atoms with Gasteiger partial charge in [0.05, 0.1) is 29.3 Å². The zero-order valence-electron chi connectivity index (χ0n) is 26.9. The van der Waals surface area contributed by atoms with Crippen molar-refractivity contribution in [3.05, 3.63) is 158 Å². The molecule has 0 unspecified atom stereocenters. The van der Waals surface area contributed by atoms with Crippen LogP contribution in [0.4, 0.5) is 0 Å². The maximum atomic E-state index is 13.5. The Bertz CT molecular complexity index is 2390. The first-order valence-electron chi connectivity index (χ1n) is 16.0. The summed E-state index contributed by atoms with van der Waals surface area (Å²) in [4.78, 5) is 56.1. The number of aromatic hydroxyl groups is 1. The van der Waals surface area contributed by atoms with Crippen molar-refractivity contribution < 1.29 is 34.8 Å². The van der Waals surface area contributed by atoms with Gasteiger partial charge in [0.15, 0.2) is 0 Å². The number of carbonyl (C=O) groups is 3. The lowest BCUT2D eigenvalue weighted by molar-refractivity contribution is -0.155. The van der Waals surface area contributed by atoms with E-state index in [2.05, 4.69) is 10.3 Å². The number of benzene rings is 4. The lowest BCUT2D eigenvalue weighted by Crippen LogP contribution is -2.36. The van der Waals surface area contributed by atoms with Gasteiger partial charge in [-0.15, -0.1) is 11.3 Å². The quantitative estimate of drug-likeness (QED) is 0.102. The van der Waals surface area contributed by atoms with E-state index in [0.717, 1.165) is 15.3 Å². The molecule has 11 nitrogen and oxygen atoms in total. The maximum absolute atomic E-state index is 13.5. The van der Waals surface area contributed by atoms with Crippen molar-refractivity contribution in [1.82, 2.24) is 15.2 Å². The number of phenolic OH excluding ortho intramolecular Hbond substituents is 1. The minimum absolute atomic E-state index is 0.0470. The largest absolute Gasteiger partial charge is 0.506 e. The van der Waals surface area contributed by atoms with Crippen LogP contribution >= 0.6 is 11.3 Å². The smallest absolute Gasteiger partial charge is 0.345 e. The third kappa shape index (κ3) is 6.21. The first-order valence-corrected chi connectivity index (χ1v) is 16.8. The van der Waals surface area contributed by atoms with Crippen molar-refractivity contribution in [2.24, 2.45) is 0 Å². The molecule has 256 valence electrons. The van der Waals surface area contributed by atoms with Gasteiger partial charge in [0.2, 0.25) is 11.2 Å². The highest BCUT2D eigenvalue weighted by molar-refractivity contribution is 7.15. The highest BCUT2D eigenvalue weighted by atomic mass is 32.1. The van der Waals surface area contributed by atoms with Crippen LogP contribution in [0.15, 0.2) is 114 Å². The molecular weight excluding hydrogens is 671 g/mol. The van der Waals surface area contributed by atoms with E-state index < -0.39 is 29.5 Å². The molecule has 7 rings (SSSR count).